The largest absolute Gasteiger partial charge is 0.476 e. The first kappa shape index (κ1) is 15.5. The quantitative estimate of drug-likeness (QED) is 0.668. The van der Waals surface area contributed by atoms with E-state index in [-0.39, 0.29) is 17.5 Å². The fraction of sp³-hybridized carbons (Fsp3) is 0.500. The first-order valence-electron chi connectivity index (χ1n) is 7.83. The summed E-state index contributed by atoms with van der Waals surface area (Å²) in [6.07, 6.45) is 6.22. The molecule has 2 heterocycles. The lowest BCUT2D eigenvalue weighted by molar-refractivity contribution is -0.904. The van der Waals surface area contributed by atoms with Crippen LogP contribution in [0.3, 0.4) is 0 Å². The van der Waals surface area contributed by atoms with Gasteiger partial charge in [0.1, 0.15) is 0 Å². The van der Waals surface area contributed by atoms with Gasteiger partial charge >= 0.3 is 5.97 Å². The van der Waals surface area contributed by atoms with Gasteiger partial charge in [0.25, 0.3) is 6.20 Å². The molecule has 2 N–H and O–H groups in total. The van der Waals surface area contributed by atoms with Crippen molar-refractivity contribution >= 4 is 5.97 Å². The number of carboxylic acids is 1. The van der Waals surface area contributed by atoms with Gasteiger partial charge in [0, 0.05) is 16.2 Å². The predicted molar refractivity (Wildman–Crippen MR) is 80.9 cm³/mol. The molecule has 122 valence electrons. The highest BCUT2D eigenvalue weighted by molar-refractivity contribution is 5.88. The van der Waals surface area contributed by atoms with E-state index in [0.29, 0.717) is 11.7 Å². The third kappa shape index (κ3) is 2.56. The second-order valence-electron chi connectivity index (χ2n) is 6.49. The number of rotatable bonds is 3. The smallest absolute Gasteiger partial charge is 0.356 e. The molecule has 0 saturated heterocycles. The summed E-state index contributed by atoms with van der Waals surface area (Å²) in [7, 11) is 0. The van der Waals surface area contributed by atoms with Crippen LogP contribution in [0.25, 0.3) is 5.82 Å². The van der Waals surface area contributed by atoms with Crippen molar-refractivity contribution in [3.8, 4) is 5.82 Å². The van der Waals surface area contributed by atoms with Crippen molar-refractivity contribution in [2.45, 2.75) is 45.4 Å². The van der Waals surface area contributed by atoms with Crippen LogP contribution in [0.15, 0.2) is 18.6 Å². The van der Waals surface area contributed by atoms with Crippen molar-refractivity contribution in [2.24, 2.45) is 5.92 Å². The molecule has 0 radical (unpaired) electrons. The van der Waals surface area contributed by atoms with Crippen LogP contribution >= 0.6 is 0 Å². The number of hydrogen-bond donors (Lipinski definition) is 2. The maximum absolute atomic E-state index is 11.7. The SMILES string of the molecule is CC(C)C1CC[C@@H](C)c2c(C(=O)O)nn(-c3c[n+](O)ccn3)c21. The van der Waals surface area contributed by atoms with Gasteiger partial charge < -0.3 is 5.11 Å². The Balaban J connectivity index is 2.28. The van der Waals surface area contributed by atoms with Crippen molar-refractivity contribution in [1.82, 2.24) is 14.8 Å². The lowest BCUT2D eigenvalue weighted by atomic mass is 9.75. The van der Waals surface area contributed by atoms with Crippen molar-refractivity contribution in [3.63, 3.8) is 0 Å². The van der Waals surface area contributed by atoms with E-state index in [1.807, 2.05) is 6.92 Å². The number of fused-ring (bicyclic) bond motifs is 1. The molecule has 2 aromatic heterocycles. The monoisotopic (exact) mass is 317 g/mol. The highest BCUT2D eigenvalue weighted by Gasteiger charge is 2.36. The molecule has 0 amide bonds. The van der Waals surface area contributed by atoms with Gasteiger partial charge in [0.2, 0.25) is 12.0 Å². The molecule has 2 aromatic rings. The molecule has 2 atom stereocenters. The average Bonchev–Trinajstić information content (AvgIpc) is 2.88. The summed E-state index contributed by atoms with van der Waals surface area (Å²) in [5.41, 5.74) is 1.81. The number of nitrogens with zero attached hydrogens (tertiary/aromatic N) is 4. The van der Waals surface area contributed by atoms with E-state index >= 15 is 0 Å². The summed E-state index contributed by atoms with van der Waals surface area (Å²) in [4.78, 5) is 15.9. The van der Waals surface area contributed by atoms with Gasteiger partial charge in [-0.15, -0.1) is 0 Å². The Morgan fingerprint density at radius 3 is 2.78 bits per heavy atom. The minimum atomic E-state index is -1.02. The van der Waals surface area contributed by atoms with Gasteiger partial charge in [-0.05, 0) is 24.7 Å². The highest BCUT2D eigenvalue weighted by Crippen LogP contribution is 2.44. The summed E-state index contributed by atoms with van der Waals surface area (Å²) in [6, 6.07) is 0. The van der Waals surface area contributed by atoms with Crippen LogP contribution in [0.1, 0.15) is 67.2 Å². The Kier molecular flexibility index (Phi) is 3.79. The number of hydrogen-bond acceptors (Lipinski definition) is 4. The highest BCUT2D eigenvalue weighted by atomic mass is 16.5. The molecule has 7 nitrogen and oxygen atoms in total. The molecular formula is C16H21N4O3+. The minimum Gasteiger partial charge on any atom is -0.476 e. The maximum Gasteiger partial charge on any atom is 0.356 e. The Morgan fingerprint density at radius 1 is 1.43 bits per heavy atom. The van der Waals surface area contributed by atoms with Gasteiger partial charge in [-0.25, -0.2) is 14.5 Å². The fourth-order valence-corrected chi connectivity index (χ4v) is 3.46. The third-order valence-corrected chi connectivity index (χ3v) is 4.61. The molecule has 1 aliphatic rings. The Hall–Kier alpha value is -2.44. The van der Waals surface area contributed by atoms with E-state index in [9.17, 15) is 15.1 Å². The van der Waals surface area contributed by atoms with Gasteiger partial charge in [-0.1, -0.05) is 20.8 Å². The van der Waals surface area contributed by atoms with Crippen LogP contribution in [0.5, 0.6) is 0 Å². The summed E-state index contributed by atoms with van der Waals surface area (Å²) in [5.74, 6) is 0.117. The number of aromatic carboxylic acids is 1. The maximum atomic E-state index is 11.7. The second-order valence-corrected chi connectivity index (χ2v) is 6.49. The molecule has 23 heavy (non-hydrogen) atoms. The van der Waals surface area contributed by atoms with Crippen molar-refractivity contribution in [1.29, 1.82) is 0 Å². The van der Waals surface area contributed by atoms with Crippen molar-refractivity contribution < 1.29 is 19.8 Å². The van der Waals surface area contributed by atoms with Crippen LogP contribution in [-0.2, 0) is 0 Å². The first-order valence-corrected chi connectivity index (χ1v) is 7.83. The molecule has 0 saturated carbocycles. The second kappa shape index (κ2) is 5.64. The van der Waals surface area contributed by atoms with E-state index in [4.69, 9.17) is 0 Å². The minimum absolute atomic E-state index is 0.0907. The topological polar surface area (TPSA) is 92.1 Å². The molecular weight excluding hydrogens is 296 g/mol. The van der Waals surface area contributed by atoms with Gasteiger partial charge in [-0.3, -0.25) is 5.21 Å². The van der Waals surface area contributed by atoms with E-state index in [2.05, 4.69) is 23.9 Å². The lowest BCUT2D eigenvalue weighted by Gasteiger charge is -2.30. The van der Waals surface area contributed by atoms with E-state index in [0.717, 1.165) is 28.8 Å². The average molecular weight is 317 g/mol. The molecule has 0 fully saturated rings. The zero-order valence-electron chi connectivity index (χ0n) is 13.5. The summed E-state index contributed by atoms with van der Waals surface area (Å²) >= 11 is 0. The molecule has 7 heteroatoms. The zero-order chi connectivity index (χ0) is 16.7. The van der Waals surface area contributed by atoms with Gasteiger partial charge in [-0.2, -0.15) is 5.10 Å². The number of carboxylic acid groups (broad SMARTS) is 1. The van der Waals surface area contributed by atoms with Crippen LogP contribution in [-0.4, -0.2) is 31.0 Å². The molecule has 1 unspecified atom stereocenters. The number of carbonyl (C=O) groups is 1. The Bertz CT molecular complexity index is 754. The van der Waals surface area contributed by atoms with Gasteiger partial charge in [0.15, 0.2) is 5.69 Å². The summed E-state index contributed by atoms with van der Waals surface area (Å²) < 4.78 is 2.49. The molecule has 0 bridgehead atoms. The molecule has 1 aliphatic carbocycles. The van der Waals surface area contributed by atoms with Gasteiger partial charge in [0.05, 0.1) is 11.9 Å². The number of aromatic nitrogens is 4. The normalized spacial score (nSPS) is 20.5. The molecule has 0 spiro atoms. The lowest BCUT2D eigenvalue weighted by Crippen LogP contribution is -2.30. The van der Waals surface area contributed by atoms with Crippen molar-refractivity contribution in [2.75, 3.05) is 0 Å². The van der Waals surface area contributed by atoms with E-state index < -0.39 is 5.97 Å². The standard InChI is InChI=1S/C16H20N4O3/c1-9(2)11-5-4-10(3)13-14(16(21)22)18-20(15(11)13)12-8-19(23)7-6-17-12/h6-11H,4-5H2,1-3H3,(H-,17,21,22,23)/p+1/t10-,11?/m1/s1. The molecule has 0 aliphatic heterocycles. The van der Waals surface area contributed by atoms with Crippen LogP contribution in [0, 0.1) is 5.92 Å². The molecule has 3 rings (SSSR count). The summed E-state index contributed by atoms with van der Waals surface area (Å²) in [6.45, 7) is 6.30. The van der Waals surface area contributed by atoms with Crippen LogP contribution < -0.4 is 4.73 Å². The van der Waals surface area contributed by atoms with Crippen molar-refractivity contribution in [3.05, 3.63) is 35.5 Å². The fourth-order valence-electron chi connectivity index (χ4n) is 3.46. The van der Waals surface area contributed by atoms with Crippen LogP contribution in [0.4, 0.5) is 0 Å². The first-order chi connectivity index (χ1) is 10.9. The van der Waals surface area contributed by atoms with E-state index in [1.165, 1.54) is 18.6 Å². The Labute approximate surface area is 134 Å². The van der Waals surface area contributed by atoms with E-state index in [1.54, 1.807) is 4.68 Å². The molecule has 0 aromatic carbocycles. The zero-order valence-corrected chi connectivity index (χ0v) is 13.5. The summed E-state index contributed by atoms with van der Waals surface area (Å²) in [5, 5.41) is 23.5. The predicted octanol–water partition coefficient (Wildman–Crippen LogP) is 2.13. The third-order valence-electron chi connectivity index (χ3n) is 4.61. The Morgan fingerprint density at radius 2 is 2.17 bits per heavy atom. The van der Waals surface area contributed by atoms with Crippen LogP contribution in [0.2, 0.25) is 0 Å².